The first-order valence-corrected chi connectivity index (χ1v) is 6.69. The van der Waals surface area contributed by atoms with Crippen LogP contribution in [-0.2, 0) is 17.8 Å². The second-order valence-corrected chi connectivity index (χ2v) is 4.52. The standard InChI is InChI=1S/C17H16N2O2/c1-18-16-9-7-14(8-10-16)11-12-19-17(20)21-13-15-5-3-2-4-6-15/h2-10H,11-13H2,(H,19,20). The van der Waals surface area contributed by atoms with Crippen molar-refractivity contribution in [3.8, 4) is 0 Å². The lowest BCUT2D eigenvalue weighted by atomic mass is 10.1. The van der Waals surface area contributed by atoms with Crippen LogP contribution < -0.4 is 5.32 Å². The Labute approximate surface area is 124 Å². The van der Waals surface area contributed by atoms with E-state index >= 15 is 0 Å². The van der Waals surface area contributed by atoms with E-state index in [-0.39, 0.29) is 6.61 Å². The van der Waals surface area contributed by atoms with Crippen molar-refractivity contribution in [2.75, 3.05) is 6.54 Å². The van der Waals surface area contributed by atoms with Crippen LogP contribution in [-0.4, -0.2) is 12.6 Å². The van der Waals surface area contributed by atoms with Gasteiger partial charge in [0, 0.05) is 6.54 Å². The summed E-state index contributed by atoms with van der Waals surface area (Å²) >= 11 is 0. The molecule has 0 aliphatic heterocycles. The van der Waals surface area contributed by atoms with Gasteiger partial charge in [0.2, 0.25) is 0 Å². The van der Waals surface area contributed by atoms with E-state index in [2.05, 4.69) is 10.2 Å². The van der Waals surface area contributed by atoms with Gasteiger partial charge in [0.15, 0.2) is 5.69 Å². The predicted molar refractivity (Wildman–Crippen MR) is 81.0 cm³/mol. The Bertz CT molecular complexity index is 615. The molecule has 0 unspecified atom stereocenters. The topological polar surface area (TPSA) is 42.7 Å². The van der Waals surface area contributed by atoms with Gasteiger partial charge in [-0.15, -0.1) is 0 Å². The highest BCUT2D eigenvalue weighted by Gasteiger charge is 2.02. The number of benzene rings is 2. The number of hydrogen-bond acceptors (Lipinski definition) is 2. The van der Waals surface area contributed by atoms with E-state index in [1.807, 2.05) is 42.5 Å². The molecule has 106 valence electrons. The van der Waals surface area contributed by atoms with Crippen LogP contribution in [0.2, 0.25) is 0 Å². The molecule has 0 aliphatic carbocycles. The molecule has 1 amide bonds. The Hall–Kier alpha value is -2.80. The van der Waals surface area contributed by atoms with Gasteiger partial charge in [-0.05, 0) is 17.5 Å². The van der Waals surface area contributed by atoms with Crippen LogP contribution in [0.5, 0.6) is 0 Å². The fourth-order valence-corrected chi connectivity index (χ4v) is 1.82. The number of alkyl carbamates (subject to hydrolysis) is 1. The molecule has 0 radical (unpaired) electrons. The summed E-state index contributed by atoms with van der Waals surface area (Å²) < 4.78 is 5.11. The molecule has 4 nitrogen and oxygen atoms in total. The summed E-state index contributed by atoms with van der Waals surface area (Å²) in [5.41, 5.74) is 2.65. The van der Waals surface area contributed by atoms with Crippen molar-refractivity contribution < 1.29 is 9.53 Å². The van der Waals surface area contributed by atoms with Gasteiger partial charge in [-0.25, -0.2) is 9.64 Å². The van der Waals surface area contributed by atoms with Crippen molar-refractivity contribution in [3.63, 3.8) is 0 Å². The van der Waals surface area contributed by atoms with Crippen molar-refractivity contribution in [3.05, 3.63) is 77.1 Å². The Morgan fingerprint density at radius 1 is 1.05 bits per heavy atom. The minimum absolute atomic E-state index is 0.270. The van der Waals surface area contributed by atoms with Crippen molar-refractivity contribution >= 4 is 11.8 Å². The van der Waals surface area contributed by atoms with Crippen molar-refractivity contribution in [2.24, 2.45) is 0 Å². The van der Waals surface area contributed by atoms with Gasteiger partial charge in [-0.2, -0.15) is 0 Å². The first kappa shape index (κ1) is 14.6. The molecular weight excluding hydrogens is 264 g/mol. The van der Waals surface area contributed by atoms with Crippen LogP contribution in [0.1, 0.15) is 11.1 Å². The van der Waals surface area contributed by atoms with Crippen LogP contribution in [0, 0.1) is 6.57 Å². The predicted octanol–water partition coefficient (Wildman–Crippen LogP) is 3.71. The molecule has 1 N–H and O–H groups in total. The zero-order chi connectivity index (χ0) is 14.9. The molecule has 0 saturated carbocycles. The molecule has 0 fully saturated rings. The smallest absolute Gasteiger partial charge is 0.407 e. The molecule has 0 aromatic heterocycles. The van der Waals surface area contributed by atoms with Gasteiger partial charge in [0.1, 0.15) is 6.61 Å². The number of ether oxygens (including phenoxy) is 1. The lowest BCUT2D eigenvalue weighted by molar-refractivity contribution is 0.140. The van der Waals surface area contributed by atoms with E-state index in [0.29, 0.717) is 18.7 Å². The normalized spacial score (nSPS) is 9.67. The number of carbonyl (C=O) groups is 1. The number of nitrogens with zero attached hydrogens (tertiary/aromatic N) is 1. The van der Waals surface area contributed by atoms with Crippen LogP contribution in [0.15, 0.2) is 54.6 Å². The first-order valence-electron chi connectivity index (χ1n) is 6.69. The minimum atomic E-state index is -0.420. The number of amides is 1. The lowest BCUT2D eigenvalue weighted by Crippen LogP contribution is -2.26. The third-order valence-electron chi connectivity index (χ3n) is 2.96. The van der Waals surface area contributed by atoms with Gasteiger partial charge in [0.25, 0.3) is 0 Å². The Morgan fingerprint density at radius 3 is 2.43 bits per heavy atom. The Balaban J connectivity index is 1.68. The van der Waals surface area contributed by atoms with E-state index in [1.165, 1.54) is 0 Å². The molecule has 4 heteroatoms. The molecule has 0 bridgehead atoms. The average Bonchev–Trinajstić information content (AvgIpc) is 2.54. The molecule has 0 saturated heterocycles. The van der Waals surface area contributed by atoms with Crippen LogP contribution in [0.4, 0.5) is 10.5 Å². The van der Waals surface area contributed by atoms with Crippen LogP contribution in [0.3, 0.4) is 0 Å². The maximum atomic E-state index is 11.5. The van der Waals surface area contributed by atoms with E-state index < -0.39 is 6.09 Å². The maximum Gasteiger partial charge on any atom is 0.407 e. The molecule has 0 spiro atoms. The molecule has 2 aromatic rings. The maximum absolute atomic E-state index is 11.5. The van der Waals surface area contributed by atoms with Crippen LogP contribution in [0.25, 0.3) is 4.85 Å². The fraction of sp³-hybridized carbons (Fsp3) is 0.176. The summed E-state index contributed by atoms with van der Waals surface area (Å²) in [4.78, 5) is 14.9. The minimum Gasteiger partial charge on any atom is -0.445 e. The van der Waals surface area contributed by atoms with Gasteiger partial charge in [0.05, 0.1) is 6.57 Å². The van der Waals surface area contributed by atoms with E-state index in [9.17, 15) is 4.79 Å². The summed E-state index contributed by atoms with van der Waals surface area (Å²) in [6, 6.07) is 16.9. The summed E-state index contributed by atoms with van der Waals surface area (Å²) in [6.07, 6.45) is 0.287. The van der Waals surface area contributed by atoms with E-state index in [1.54, 1.807) is 12.1 Å². The largest absolute Gasteiger partial charge is 0.445 e. The van der Waals surface area contributed by atoms with Crippen LogP contribution >= 0.6 is 0 Å². The van der Waals surface area contributed by atoms with Gasteiger partial charge < -0.3 is 10.1 Å². The van der Waals surface area contributed by atoms with Gasteiger partial charge in [-0.3, -0.25) is 0 Å². The zero-order valence-electron chi connectivity index (χ0n) is 11.6. The average molecular weight is 280 g/mol. The SMILES string of the molecule is [C-]#[N+]c1ccc(CCNC(=O)OCc2ccccc2)cc1. The number of rotatable bonds is 5. The van der Waals surface area contributed by atoms with E-state index in [0.717, 1.165) is 11.1 Å². The van der Waals surface area contributed by atoms with Crippen molar-refractivity contribution in [1.82, 2.24) is 5.32 Å². The van der Waals surface area contributed by atoms with Crippen molar-refractivity contribution in [2.45, 2.75) is 13.0 Å². The summed E-state index contributed by atoms with van der Waals surface area (Å²) in [6.45, 7) is 7.65. The van der Waals surface area contributed by atoms with Gasteiger partial charge in [-0.1, -0.05) is 54.6 Å². The molecule has 21 heavy (non-hydrogen) atoms. The summed E-state index contributed by atoms with van der Waals surface area (Å²) in [5, 5.41) is 2.71. The molecule has 0 heterocycles. The molecule has 0 atom stereocenters. The molecular formula is C17H16N2O2. The lowest BCUT2D eigenvalue weighted by Gasteiger charge is -2.07. The van der Waals surface area contributed by atoms with Gasteiger partial charge >= 0.3 is 6.09 Å². The van der Waals surface area contributed by atoms with Crippen molar-refractivity contribution in [1.29, 1.82) is 0 Å². The second kappa shape index (κ2) is 7.71. The zero-order valence-corrected chi connectivity index (χ0v) is 11.6. The third kappa shape index (κ3) is 5.00. The number of nitrogens with one attached hydrogen (secondary N) is 1. The molecule has 2 aromatic carbocycles. The fourth-order valence-electron chi connectivity index (χ4n) is 1.82. The molecule has 2 rings (SSSR count). The monoisotopic (exact) mass is 280 g/mol. The highest BCUT2D eigenvalue weighted by molar-refractivity contribution is 5.67. The van der Waals surface area contributed by atoms with E-state index in [4.69, 9.17) is 11.3 Å². The number of carbonyl (C=O) groups excluding carboxylic acids is 1. The quantitative estimate of drug-likeness (QED) is 0.848. The third-order valence-corrected chi connectivity index (χ3v) is 2.96. The Kier molecular flexibility index (Phi) is 5.36. The summed E-state index contributed by atoms with van der Waals surface area (Å²) in [5.74, 6) is 0. The highest BCUT2D eigenvalue weighted by Crippen LogP contribution is 2.12. The number of hydrogen-bond donors (Lipinski definition) is 1. The first-order chi connectivity index (χ1) is 10.3. The Morgan fingerprint density at radius 2 is 1.76 bits per heavy atom. The second-order valence-electron chi connectivity index (χ2n) is 4.52. The molecule has 0 aliphatic rings. The highest BCUT2D eigenvalue weighted by atomic mass is 16.5. The summed E-state index contributed by atoms with van der Waals surface area (Å²) in [7, 11) is 0.